The molecule has 0 rings (SSSR count). The van der Waals surface area contributed by atoms with Crippen LogP contribution in [0.1, 0.15) is 112 Å². The zero-order chi connectivity index (χ0) is 16.7. The van der Waals surface area contributed by atoms with Gasteiger partial charge in [-0.2, -0.15) is 0 Å². The van der Waals surface area contributed by atoms with Crippen molar-refractivity contribution in [3.05, 3.63) is 0 Å². The van der Waals surface area contributed by atoms with Gasteiger partial charge >= 0.3 is 0 Å². The molecule has 0 heterocycles. The van der Waals surface area contributed by atoms with Crippen LogP contribution in [-0.2, 0) is 0 Å². The molecule has 0 amide bonds. The molecule has 0 fully saturated rings. The molecule has 0 aliphatic heterocycles. The zero-order valence-electron chi connectivity index (χ0n) is 16.6. The van der Waals surface area contributed by atoms with E-state index in [0.717, 1.165) is 0 Å². The van der Waals surface area contributed by atoms with Crippen molar-refractivity contribution in [3.63, 3.8) is 0 Å². The molecular formula is C21H45N. The first-order valence-electron chi connectivity index (χ1n) is 10.3. The first-order chi connectivity index (χ1) is 10.6. The van der Waals surface area contributed by atoms with Crippen molar-refractivity contribution in [2.45, 2.75) is 112 Å². The molecule has 0 aliphatic rings. The summed E-state index contributed by atoms with van der Waals surface area (Å²) in [6.45, 7) is 15.8. The average Bonchev–Trinajstić information content (AvgIpc) is 2.50. The summed E-state index contributed by atoms with van der Waals surface area (Å²) < 4.78 is 0. The minimum atomic E-state index is 0.544. The van der Waals surface area contributed by atoms with Gasteiger partial charge in [-0.3, -0.25) is 0 Å². The molecule has 1 heteroatoms. The summed E-state index contributed by atoms with van der Waals surface area (Å²) in [4.78, 5) is 2.77. The maximum Gasteiger partial charge on any atom is 0.00353 e. The van der Waals surface area contributed by atoms with Crippen LogP contribution < -0.4 is 0 Å². The molecule has 0 aromatic heterocycles. The van der Waals surface area contributed by atoms with E-state index < -0.39 is 0 Å². The van der Waals surface area contributed by atoms with Crippen LogP contribution in [0.4, 0.5) is 0 Å². The van der Waals surface area contributed by atoms with Crippen molar-refractivity contribution in [2.24, 2.45) is 5.41 Å². The van der Waals surface area contributed by atoms with Crippen molar-refractivity contribution in [1.82, 2.24) is 4.90 Å². The van der Waals surface area contributed by atoms with Crippen LogP contribution in [0.15, 0.2) is 0 Å². The highest BCUT2D eigenvalue weighted by atomic mass is 15.1. The van der Waals surface area contributed by atoms with Crippen LogP contribution in [-0.4, -0.2) is 24.5 Å². The van der Waals surface area contributed by atoms with Crippen molar-refractivity contribution in [2.75, 3.05) is 19.6 Å². The molecule has 0 aromatic rings. The Morgan fingerprint density at radius 2 is 1.14 bits per heavy atom. The van der Waals surface area contributed by atoms with Gasteiger partial charge in [-0.15, -0.1) is 0 Å². The third-order valence-corrected chi connectivity index (χ3v) is 5.00. The summed E-state index contributed by atoms with van der Waals surface area (Å²) in [5, 5.41) is 0. The third kappa shape index (κ3) is 11.5. The Balaban J connectivity index is 4.37. The van der Waals surface area contributed by atoms with Crippen molar-refractivity contribution < 1.29 is 0 Å². The summed E-state index contributed by atoms with van der Waals surface area (Å²) in [6.07, 6.45) is 16.6. The quantitative estimate of drug-likeness (QED) is 0.276. The molecule has 0 radical (unpaired) electrons. The molecule has 1 atom stereocenters. The predicted molar refractivity (Wildman–Crippen MR) is 103 cm³/mol. The van der Waals surface area contributed by atoms with Gasteiger partial charge in [0.2, 0.25) is 0 Å². The monoisotopic (exact) mass is 311 g/mol. The smallest absolute Gasteiger partial charge is 0.00353 e. The van der Waals surface area contributed by atoms with Gasteiger partial charge in [0.1, 0.15) is 0 Å². The SMILES string of the molecule is CCCCCCCC(C)(CCC)CN(CCCC)CCCC. The second kappa shape index (κ2) is 14.5. The lowest BCUT2D eigenvalue weighted by Gasteiger charge is -2.36. The standard InChI is InChI=1S/C21H45N/c1-6-10-13-14-15-17-21(5,16-9-4)20-22(18-11-7-2)19-12-8-3/h6-20H2,1-5H3. The number of rotatable bonds is 16. The normalized spacial score (nSPS) is 14.5. The van der Waals surface area contributed by atoms with E-state index in [2.05, 4.69) is 39.5 Å². The van der Waals surface area contributed by atoms with Gasteiger partial charge < -0.3 is 4.90 Å². The average molecular weight is 312 g/mol. The molecule has 22 heavy (non-hydrogen) atoms. The van der Waals surface area contributed by atoms with Crippen molar-refractivity contribution in [3.8, 4) is 0 Å². The largest absolute Gasteiger partial charge is 0.303 e. The number of hydrogen-bond donors (Lipinski definition) is 0. The second-order valence-corrected chi connectivity index (χ2v) is 7.71. The van der Waals surface area contributed by atoms with E-state index in [4.69, 9.17) is 0 Å². The van der Waals surface area contributed by atoms with Crippen molar-refractivity contribution >= 4 is 0 Å². The van der Waals surface area contributed by atoms with Crippen LogP contribution in [0.5, 0.6) is 0 Å². The summed E-state index contributed by atoms with van der Waals surface area (Å²) in [7, 11) is 0. The summed E-state index contributed by atoms with van der Waals surface area (Å²) in [6, 6.07) is 0. The topological polar surface area (TPSA) is 3.24 Å². The van der Waals surface area contributed by atoms with Gasteiger partial charge in [0, 0.05) is 6.54 Å². The van der Waals surface area contributed by atoms with E-state index >= 15 is 0 Å². The van der Waals surface area contributed by atoms with Gasteiger partial charge in [-0.25, -0.2) is 0 Å². The highest BCUT2D eigenvalue weighted by molar-refractivity contribution is 4.78. The van der Waals surface area contributed by atoms with Gasteiger partial charge in [-0.1, -0.05) is 86.0 Å². The fourth-order valence-corrected chi connectivity index (χ4v) is 3.62. The van der Waals surface area contributed by atoms with E-state index in [1.54, 1.807) is 0 Å². The number of unbranched alkanes of at least 4 members (excludes halogenated alkanes) is 6. The molecule has 0 saturated heterocycles. The maximum absolute atomic E-state index is 2.77. The zero-order valence-corrected chi connectivity index (χ0v) is 16.6. The lowest BCUT2D eigenvalue weighted by molar-refractivity contribution is 0.136. The molecule has 134 valence electrons. The van der Waals surface area contributed by atoms with Gasteiger partial charge in [0.05, 0.1) is 0 Å². The number of nitrogens with zero attached hydrogens (tertiary/aromatic N) is 1. The Morgan fingerprint density at radius 1 is 0.591 bits per heavy atom. The molecular weight excluding hydrogens is 266 g/mol. The molecule has 0 spiro atoms. The lowest BCUT2D eigenvalue weighted by Crippen LogP contribution is -2.37. The van der Waals surface area contributed by atoms with Gasteiger partial charge in [-0.05, 0) is 44.2 Å². The van der Waals surface area contributed by atoms with Crippen LogP contribution in [0.3, 0.4) is 0 Å². The van der Waals surface area contributed by atoms with E-state index in [-0.39, 0.29) is 0 Å². The molecule has 1 nitrogen and oxygen atoms in total. The van der Waals surface area contributed by atoms with Gasteiger partial charge in [0.25, 0.3) is 0 Å². The minimum Gasteiger partial charge on any atom is -0.303 e. The molecule has 0 N–H and O–H groups in total. The van der Waals surface area contributed by atoms with E-state index in [1.807, 2.05) is 0 Å². The van der Waals surface area contributed by atoms with Crippen LogP contribution in [0, 0.1) is 5.41 Å². The highest BCUT2D eigenvalue weighted by Gasteiger charge is 2.25. The fourth-order valence-electron chi connectivity index (χ4n) is 3.62. The molecule has 0 bridgehead atoms. The first kappa shape index (κ1) is 22.0. The van der Waals surface area contributed by atoms with E-state index in [1.165, 1.54) is 96.7 Å². The number of hydrogen-bond acceptors (Lipinski definition) is 1. The Morgan fingerprint density at radius 3 is 1.64 bits per heavy atom. The molecule has 1 unspecified atom stereocenters. The summed E-state index contributed by atoms with van der Waals surface area (Å²) in [5.41, 5.74) is 0.544. The fraction of sp³-hybridized carbons (Fsp3) is 1.00. The Kier molecular flexibility index (Phi) is 14.5. The lowest BCUT2D eigenvalue weighted by atomic mass is 9.79. The third-order valence-electron chi connectivity index (χ3n) is 5.00. The molecule has 0 aliphatic carbocycles. The maximum atomic E-state index is 2.77. The Hall–Kier alpha value is -0.0400. The molecule has 0 saturated carbocycles. The van der Waals surface area contributed by atoms with E-state index in [9.17, 15) is 0 Å². The summed E-state index contributed by atoms with van der Waals surface area (Å²) in [5.74, 6) is 0. The van der Waals surface area contributed by atoms with Crippen LogP contribution in [0.25, 0.3) is 0 Å². The van der Waals surface area contributed by atoms with E-state index in [0.29, 0.717) is 5.41 Å². The second-order valence-electron chi connectivity index (χ2n) is 7.71. The summed E-state index contributed by atoms with van der Waals surface area (Å²) >= 11 is 0. The van der Waals surface area contributed by atoms with Gasteiger partial charge in [0.15, 0.2) is 0 Å². The first-order valence-corrected chi connectivity index (χ1v) is 10.3. The highest BCUT2D eigenvalue weighted by Crippen LogP contribution is 2.31. The Bertz CT molecular complexity index is 218. The van der Waals surface area contributed by atoms with Crippen LogP contribution in [0.2, 0.25) is 0 Å². The van der Waals surface area contributed by atoms with Crippen LogP contribution >= 0.6 is 0 Å². The molecule has 0 aromatic carbocycles. The predicted octanol–water partition coefficient (Wildman–Crippen LogP) is 7.06. The minimum absolute atomic E-state index is 0.544. The Labute approximate surface area is 142 Å². The van der Waals surface area contributed by atoms with Crippen molar-refractivity contribution in [1.29, 1.82) is 0 Å².